The van der Waals surface area contributed by atoms with E-state index >= 15 is 0 Å². The van der Waals surface area contributed by atoms with Gasteiger partial charge >= 0.3 is 0 Å². The third kappa shape index (κ3) is 4.09. The molecule has 0 aliphatic heterocycles. The topological polar surface area (TPSA) is 85.4 Å². The molecule has 1 amide bonds. The second-order valence-corrected chi connectivity index (χ2v) is 4.72. The zero-order valence-electron chi connectivity index (χ0n) is 13.4. The first-order chi connectivity index (χ1) is 11.2. The quantitative estimate of drug-likeness (QED) is 0.816. The Morgan fingerprint density at radius 3 is 2.17 bits per heavy atom. The fourth-order valence-electron chi connectivity index (χ4n) is 2.00. The first kappa shape index (κ1) is 16.5. The Kier molecular flexibility index (Phi) is 5.74. The SMILES string of the molecule is CCCNc1ccc(NC(=O)c2c(OC)cccc2OC)nn1. The van der Waals surface area contributed by atoms with Gasteiger partial charge in [0.1, 0.15) is 22.9 Å². The predicted octanol–water partition coefficient (Wildman–Crippen LogP) is 2.57. The molecule has 0 saturated heterocycles. The molecule has 23 heavy (non-hydrogen) atoms. The lowest BCUT2D eigenvalue weighted by atomic mass is 10.1. The van der Waals surface area contributed by atoms with Crippen molar-refractivity contribution in [1.29, 1.82) is 0 Å². The summed E-state index contributed by atoms with van der Waals surface area (Å²) >= 11 is 0. The number of ether oxygens (including phenoxy) is 2. The second kappa shape index (κ2) is 7.98. The monoisotopic (exact) mass is 316 g/mol. The zero-order chi connectivity index (χ0) is 16.7. The van der Waals surface area contributed by atoms with Gasteiger partial charge in [0.25, 0.3) is 5.91 Å². The number of carbonyl (C=O) groups is 1. The number of nitrogens with one attached hydrogen (secondary N) is 2. The molecule has 0 bridgehead atoms. The summed E-state index contributed by atoms with van der Waals surface area (Å²) in [5, 5.41) is 13.8. The Balaban J connectivity index is 2.16. The van der Waals surface area contributed by atoms with Gasteiger partial charge in [-0.3, -0.25) is 4.79 Å². The number of amides is 1. The van der Waals surface area contributed by atoms with E-state index < -0.39 is 0 Å². The highest BCUT2D eigenvalue weighted by atomic mass is 16.5. The Morgan fingerprint density at radius 1 is 1.04 bits per heavy atom. The van der Waals surface area contributed by atoms with Crippen LogP contribution in [0, 0.1) is 0 Å². The highest BCUT2D eigenvalue weighted by Gasteiger charge is 2.18. The number of hydrogen-bond donors (Lipinski definition) is 2. The van der Waals surface area contributed by atoms with Crippen molar-refractivity contribution in [2.24, 2.45) is 0 Å². The highest BCUT2D eigenvalue weighted by Crippen LogP contribution is 2.28. The Hall–Kier alpha value is -2.83. The third-order valence-corrected chi connectivity index (χ3v) is 3.12. The van der Waals surface area contributed by atoms with Crippen molar-refractivity contribution >= 4 is 17.5 Å². The summed E-state index contributed by atoms with van der Waals surface area (Å²) in [6.45, 7) is 2.88. The molecule has 0 radical (unpaired) electrons. The van der Waals surface area contributed by atoms with Crippen molar-refractivity contribution < 1.29 is 14.3 Å². The van der Waals surface area contributed by atoms with E-state index in [1.165, 1.54) is 14.2 Å². The van der Waals surface area contributed by atoms with Gasteiger partial charge in [-0.2, -0.15) is 0 Å². The van der Waals surface area contributed by atoms with Crippen LogP contribution in [0.1, 0.15) is 23.7 Å². The van der Waals surface area contributed by atoms with E-state index in [1.54, 1.807) is 30.3 Å². The van der Waals surface area contributed by atoms with Gasteiger partial charge in [-0.1, -0.05) is 13.0 Å². The molecule has 0 fully saturated rings. The van der Waals surface area contributed by atoms with E-state index in [-0.39, 0.29) is 5.91 Å². The molecule has 1 heterocycles. The van der Waals surface area contributed by atoms with Crippen LogP contribution in [-0.4, -0.2) is 36.9 Å². The molecular formula is C16H20N4O3. The average molecular weight is 316 g/mol. The fraction of sp³-hybridized carbons (Fsp3) is 0.312. The first-order valence-electron chi connectivity index (χ1n) is 7.29. The number of carbonyl (C=O) groups excluding carboxylic acids is 1. The number of anilines is 2. The molecule has 2 rings (SSSR count). The maximum absolute atomic E-state index is 12.5. The minimum absolute atomic E-state index is 0.312. The highest BCUT2D eigenvalue weighted by molar-refractivity contribution is 6.07. The fourth-order valence-corrected chi connectivity index (χ4v) is 2.00. The number of hydrogen-bond acceptors (Lipinski definition) is 6. The summed E-state index contributed by atoms with van der Waals surface area (Å²) in [5.41, 5.74) is 0.312. The maximum Gasteiger partial charge on any atom is 0.264 e. The van der Waals surface area contributed by atoms with Crippen molar-refractivity contribution in [2.75, 3.05) is 31.4 Å². The summed E-state index contributed by atoms with van der Waals surface area (Å²) in [7, 11) is 3.00. The van der Waals surface area contributed by atoms with E-state index in [1.807, 2.05) is 0 Å². The normalized spacial score (nSPS) is 10.0. The largest absolute Gasteiger partial charge is 0.496 e. The van der Waals surface area contributed by atoms with Crippen LogP contribution in [0.15, 0.2) is 30.3 Å². The van der Waals surface area contributed by atoms with Gasteiger partial charge in [-0.15, -0.1) is 10.2 Å². The van der Waals surface area contributed by atoms with Crippen LogP contribution in [0.5, 0.6) is 11.5 Å². The smallest absolute Gasteiger partial charge is 0.264 e. The Bertz CT molecular complexity index is 637. The van der Waals surface area contributed by atoms with E-state index in [0.29, 0.717) is 28.7 Å². The summed E-state index contributed by atoms with van der Waals surface area (Å²) in [4.78, 5) is 12.5. The standard InChI is InChI=1S/C16H20N4O3/c1-4-10-17-13-8-9-14(20-19-13)18-16(21)15-11(22-2)6-5-7-12(15)23-3/h5-9H,4,10H2,1-3H3,(H,17,19)(H,18,20,21). The zero-order valence-corrected chi connectivity index (χ0v) is 13.4. The van der Waals surface area contributed by atoms with Gasteiger partial charge in [0, 0.05) is 6.54 Å². The number of methoxy groups -OCH3 is 2. The van der Waals surface area contributed by atoms with Gasteiger partial charge < -0.3 is 20.1 Å². The Morgan fingerprint density at radius 2 is 1.65 bits per heavy atom. The van der Waals surface area contributed by atoms with Crippen LogP contribution >= 0.6 is 0 Å². The van der Waals surface area contributed by atoms with Gasteiger partial charge in [0.05, 0.1) is 14.2 Å². The molecule has 2 aromatic rings. The van der Waals surface area contributed by atoms with Gasteiger partial charge in [0.2, 0.25) is 0 Å². The van der Waals surface area contributed by atoms with E-state index in [4.69, 9.17) is 9.47 Å². The van der Waals surface area contributed by atoms with Crippen molar-refractivity contribution in [2.45, 2.75) is 13.3 Å². The van der Waals surface area contributed by atoms with E-state index in [0.717, 1.165) is 13.0 Å². The lowest BCUT2D eigenvalue weighted by Gasteiger charge is -2.12. The maximum atomic E-state index is 12.5. The summed E-state index contributed by atoms with van der Waals surface area (Å²) in [5.74, 6) is 1.50. The summed E-state index contributed by atoms with van der Waals surface area (Å²) in [6.07, 6.45) is 0.994. The second-order valence-electron chi connectivity index (χ2n) is 4.72. The Labute approximate surface area is 135 Å². The number of aromatic nitrogens is 2. The predicted molar refractivity (Wildman–Crippen MR) is 88.3 cm³/mol. The molecule has 0 saturated carbocycles. The number of benzene rings is 1. The third-order valence-electron chi connectivity index (χ3n) is 3.12. The molecule has 7 heteroatoms. The van der Waals surface area contributed by atoms with Crippen LogP contribution in [0.2, 0.25) is 0 Å². The molecule has 1 aromatic heterocycles. The molecule has 2 N–H and O–H groups in total. The van der Waals surface area contributed by atoms with Gasteiger partial charge in [-0.05, 0) is 30.7 Å². The van der Waals surface area contributed by atoms with Crippen molar-refractivity contribution in [1.82, 2.24) is 10.2 Å². The molecule has 0 aliphatic carbocycles. The average Bonchev–Trinajstić information content (AvgIpc) is 2.60. The van der Waals surface area contributed by atoms with Crippen molar-refractivity contribution in [3.63, 3.8) is 0 Å². The summed E-state index contributed by atoms with van der Waals surface area (Å²) in [6, 6.07) is 8.59. The van der Waals surface area contributed by atoms with Crippen molar-refractivity contribution in [3.05, 3.63) is 35.9 Å². The van der Waals surface area contributed by atoms with Crippen molar-refractivity contribution in [3.8, 4) is 11.5 Å². The molecule has 1 aromatic carbocycles. The van der Waals surface area contributed by atoms with Gasteiger partial charge in [-0.25, -0.2) is 0 Å². The molecule has 0 unspecified atom stereocenters. The molecule has 0 atom stereocenters. The lowest BCUT2D eigenvalue weighted by Crippen LogP contribution is -2.16. The van der Waals surface area contributed by atoms with Crippen LogP contribution in [0.25, 0.3) is 0 Å². The number of rotatable bonds is 7. The molecule has 122 valence electrons. The minimum atomic E-state index is -0.372. The van der Waals surface area contributed by atoms with Crippen LogP contribution in [-0.2, 0) is 0 Å². The molecule has 0 spiro atoms. The van der Waals surface area contributed by atoms with Crippen LogP contribution < -0.4 is 20.1 Å². The molecular weight excluding hydrogens is 296 g/mol. The van der Waals surface area contributed by atoms with Crippen LogP contribution in [0.4, 0.5) is 11.6 Å². The number of nitrogens with zero attached hydrogens (tertiary/aromatic N) is 2. The molecule has 7 nitrogen and oxygen atoms in total. The van der Waals surface area contributed by atoms with E-state index in [9.17, 15) is 4.79 Å². The lowest BCUT2D eigenvalue weighted by molar-refractivity contribution is 0.102. The summed E-state index contributed by atoms with van der Waals surface area (Å²) < 4.78 is 10.4. The van der Waals surface area contributed by atoms with Gasteiger partial charge in [0.15, 0.2) is 5.82 Å². The minimum Gasteiger partial charge on any atom is -0.496 e. The first-order valence-corrected chi connectivity index (χ1v) is 7.29. The molecule has 0 aliphatic rings. The van der Waals surface area contributed by atoms with Crippen LogP contribution in [0.3, 0.4) is 0 Å². The van der Waals surface area contributed by atoms with E-state index in [2.05, 4.69) is 27.8 Å².